The second-order valence-corrected chi connectivity index (χ2v) is 9.08. The van der Waals surface area contributed by atoms with E-state index >= 15 is 0 Å². The lowest BCUT2D eigenvalue weighted by molar-refractivity contribution is -0.120. The molecule has 0 unspecified atom stereocenters. The molecule has 0 bridgehead atoms. The Hall–Kier alpha value is -3.20. The Kier molecular flexibility index (Phi) is 15.0. The zero-order valence-electron chi connectivity index (χ0n) is 22.8. The number of aliphatic imine (C=N–C) groups is 1. The van der Waals surface area contributed by atoms with Crippen molar-refractivity contribution in [2.45, 2.75) is 13.1 Å². The highest BCUT2D eigenvalue weighted by Gasteiger charge is 2.13. The molecule has 0 radical (unpaired) electrons. The van der Waals surface area contributed by atoms with Gasteiger partial charge in [-0.25, -0.2) is 14.8 Å². The molecule has 0 saturated carbocycles. The normalized spacial score (nSPS) is 17.5. The number of aromatic nitrogens is 2. The SMILES string of the molecule is O=COc1cc(N=C=S)cc(CN2CCOCCOCCN(Cc3cccc(C(=O)O)n3)CCOCCOCC2)n1. The van der Waals surface area contributed by atoms with Crippen LogP contribution in [0, 0.1) is 0 Å². The highest BCUT2D eigenvalue weighted by atomic mass is 32.1. The first-order valence-corrected chi connectivity index (χ1v) is 13.6. The van der Waals surface area contributed by atoms with Gasteiger partial charge in [0.15, 0.2) is 0 Å². The second kappa shape index (κ2) is 19.0. The highest BCUT2D eigenvalue weighted by molar-refractivity contribution is 7.78. The number of carboxylic acid groups (broad SMARTS) is 1. The molecule has 0 spiro atoms. The second-order valence-electron chi connectivity index (χ2n) is 8.89. The van der Waals surface area contributed by atoms with Crippen LogP contribution >= 0.6 is 12.2 Å². The van der Waals surface area contributed by atoms with Crippen molar-refractivity contribution in [1.82, 2.24) is 19.8 Å². The van der Waals surface area contributed by atoms with Crippen LogP contribution in [-0.4, -0.2) is 122 Å². The van der Waals surface area contributed by atoms with Crippen molar-refractivity contribution in [2.75, 3.05) is 79.0 Å². The van der Waals surface area contributed by atoms with Gasteiger partial charge in [-0.3, -0.25) is 14.6 Å². The maximum absolute atomic E-state index is 11.3. The number of carbonyl (C=O) groups is 2. The van der Waals surface area contributed by atoms with Crippen molar-refractivity contribution in [1.29, 1.82) is 0 Å². The zero-order chi connectivity index (χ0) is 29.1. The van der Waals surface area contributed by atoms with Crippen molar-refractivity contribution in [3.8, 4) is 5.88 Å². The topological polar surface area (TPSA) is 145 Å². The lowest BCUT2D eigenvalue weighted by Gasteiger charge is -2.23. The van der Waals surface area contributed by atoms with Crippen molar-refractivity contribution in [2.24, 2.45) is 4.99 Å². The molecule has 3 rings (SSSR count). The summed E-state index contributed by atoms with van der Waals surface area (Å²) in [6.07, 6.45) is 0. The Morgan fingerprint density at radius 1 is 0.902 bits per heavy atom. The Bertz CT molecular complexity index is 1130. The Balaban J connectivity index is 1.52. The van der Waals surface area contributed by atoms with E-state index in [4.69, 9.17) is 35.9 Å². The van der Waals surface area contributed by atoms with Gasteiger partial charge in [-0.05, 0) is 30.4 Å². The number of isothiocyanates is 1. The van der Waals surface area contributed by atoms with Crippen LogP contribution in [-0.2, 0) is 36.8 Å². The number of carbonyl (C=O) groups excluding carboxylic acids is 1. The van der Waals surface area contributed by atoms with Crippen molar-refractivity contribution in [3.05, 3.63) is 47.4 Å². The van der Waals surface area contributed by atoms with Gasteiger partial charge in [0, 0.05) is 45.3 Å². The maximum Gasteiger partial charge on any atom is 0.354 e. The number of hydrogen-bond acceptors (Lipinski definition) is 13. The first-order chi connectivity index (χ1) is 20.1. The van der Waals surface area contributed by atoms with Gasteiger partial charge >= 0.3 is 5.97 Å². The van der Waals surface area contributed by atoms with Crippen molar-refractivity contribution < 1.29 is 38.4 Å². The largest absolute Gasteiger partial charge is 0.477 e. The molecule has 0 amide bonds. The van der Waals surface area contributed by atoms with E-state index in [1.165, 1.54) is 12.1 Å². The summed E-state index contributed by atoms with van der Waals surface area (Å²) < 4.78 is 28.0. The van der Waals surface area contributed by atoms with E-state index in [9.17, 15) is 14.7 Å². The number of rotatable bonds is 8. The fourth-order valence-corrected chi connectivity index (χ4v) is 4.06. The number of nitrogens with zero attached hydrogens (tertiary/aromatic N) is 5. The molecule has 0 atom stereocenters. The molecular weight excluding hydrogens is 554 g/mol. The predicted octanol–water partition coefficient (Wildman–Crippen LogP) is 1.83. The average Bonchev–Trinajstić information content (AvgIpc) is 2.95. The molecule has 1 fully saturated rings. The summed E-state index contributed by atoms with van der Waals surface area (Å²) in [6, 6.07) is 8.25. The number of carboxylic acids is 1. The third-order valence-corrected chi connectivity index (χ3v) is 6.02. The number of thiocarbonyl (C=S) groups is 1. The van der Waals surface area contributed by atoms with E-state index in [-0.39, 0.29) is 11.6 Å². The molecule has 13 nitrogen and oxygen atoms in total. The number of hydrogen-bond donors (Lipinski definition) is 1. The van der Waals surface area contributed by atoms with Crippen LogP contribution in [0.2, 0.25) is 0 Å². The third-order valence-electron chi connectivity index (χ3n) is 5.93. The van der Waals surface area contributed by atoms with Crippen LogP contribution in [0.1, 0.15) is 21.9 Å². The first kappa shape index (κ1) is 32.3. The third kappa shape index (κ3) is 12.9. The lowest BCUT2D eigenvalue weighted by atomic mass is 10.3. The average molecular weight is 590 g/mol. The fraction of sp³-hybridized carbons (Fsp3) is 0.519. The molecule has 1 aliphatic rings. The highest BCUT2D eigenvalue weighted by Crippen LogP contribution is 2.20. The van der Waals surface area contributed by atoms with E-state index in [1.54, 1.807) is 12.1 Å². The fourth-order valence-electron chi connectivity index (χ4n) is 3.96. The maximum atomic E-state index is 11.3. The lowest BCUT2D eigenvalue weighted by Crippen LogP contribution is -2.33. The standard InChI is InChI=1S/C27H35N5O8S/c33-21-40-26-17-23(28-20-41)16-24(30-26)19-32-6-10-38-14-12-36-8-4-31(5-9-37-13-15-39-11-7-32)18-22-2-1-3-25(29-22)27(34)35/h1-3,16-17,21H,4-15,18-19H2,(H,34,35). The predicted molar refractivity (Wildman–Crippen MR) is 151 cm³/mol. The number of ether oxygens (including phenoxy) is 5. The summed E-state index contributed by atoms with van der Waals surface area (Å²) in [7, 11) is 0. The van der Waals surface area contributed by atoms with Crippen LogP contribution in [0.25, 0.3) is 0 Å². The Morgan fingerprint density at radius 2 is 1.46 bits per heavy atom. The minimum Gasteiger partial charge on any atom is -0.477 e. The van der Waals surface area contributed by atoms with Gasteiger partial charge in [-0.1, -0.05) is 6.07 Å². The molecule has 41 heavy (non-hydrogen) atoms. The molecule has 0 aromatic carbocycles. The Morgan fingerprint density at radius 3 is 1.98 bits per heavy atom. The summed E-state index contributed by atoms with van der Waals surface area (Å²) >= 11 is 4.70. The monoisotopic (exact) mass is 589 g/mol. The van der Waals surface area contributed by atoms with E-state index in [0.29, 0.717) is 116 Å². The molecule has 1 saturated heterocycles. The van der Waals surface area contributed by atoms with Crippen LogP contribution in [0.3, 0.4) is 0 Å². The summed E-state index contributed by atoms with van der Waals surface area (Å²) in [5.41, 5.74) is 1.83. The summed E-state index contributed by atoms with van der Waals surface area (Å²) in [5, 5.41) is 11.5. The van der Waals surface area contributed by atoms with E-state index in [0.717, 1.165) is 0 Å². The molecule has 1 N–H and O–H groups in total. The van der Waals surface area contributed by atoms with Gasteiger partial charge in [-0.15, -0.1) is 0 Å². The van der Waals surface area contributed by atoms with E-state index in [2.05, 4.69) is 29.9 Å². The van der Waals surface area contributed by atoms with Gasteiger partial charge in [-0.2, -0.15) is 4.99 Å². The molecular formula is C27H35N5O8S. The first-order valence-electron chi connectivity index (χ1n) is 13.2. The number of pyridine rings is 2. The van der Waals surface area contributed by atoms with Gasteiger partial charge in [0.25, 0.3) is 6.47 Å². The van der Waals surface area contributed by atoms with Gasteiger partial charge < -0.3 is 28.8 Å². The smallest absolute Gasteiger partial charge is 0.354 e. The molecule has 1 aliphatic heterocycles. The summed E-state index contributed by atoms with van der Waals surface area (Å²) in [4.78, 5) is 38.9. The van der Waals surface area contributed by atoms with Gasteiger partial charge in [0.05, 0.1) is 75.1 Å². The van der Waals surface area contributed by atoms with Crippen LogP contribution in [0.4, 0.5) is 5.69 Å². The van der Waals surface area contributed by atoms with Crippen molar-refractivity contribution in [3.63, 3.8) is 0 Å². The minimum absolute atomic E-state index is 0.0194. The Labute approximate surface area is 244 Å². The molecule has 14 heteroatoms. The van der Waals surface area contributed by atoms with E-state index < -0.39 is 5.97 Å². The minimum atomic E-state index is -1.05. The molecule has 3 heterocycles. The molecule has 2 aromatic rings. The van der Waals surface area contributed by atoms with Crippen molar-refractivity contribution >= 4 is 35.5 Å². The summed E-state index contributed by atoms with van der Waals surface area (Å²) in [5.74, 6) is -0.921. The molecule has 222 valence electrons. The van der Waals surface area contributed by atoms with Crippen LogP contribution in [0.15, 0.2) is 35.3 Å². The quantitative estimate of drug-likeness (QED) is 0.272. The summed E-state index contributed by atoms with van der Waals surface area (Å²) in [6.45, 7) is 7.38. The van der Waals surface area contributed by atoms with Gasteiger partial charge in [0.1, 0.15) is 5.69 Å². The van der Waals surface area contributed by atoms with Crippen LogP contribution < -0.4 is 4.74 Å². The van der Waals surface area contributed by atoms with Crippen LogP contribution in [0.5, 0.6) is 5.88 Å². The van der Waals surface area contributed by atoms with E-state index in [1.807, 2.05) is 6.07 Å². The van der Waals surface area contributed by atoms with Gasteiger partial charge in [0.2, 0.25) is 5.88 Å². The number of aromatic carboxylic acids is 1. The zero-order valence-corrected chi connectivity index (χ0v) is 23.6. The molecule has 0 aliphatic carbocycles. The molecule has 2 aromatic heterocycles.